The summed E-state index contributed by atoms with van der Waals surface area (Å²) in [6, 6.07) is 6.15. The highest BCUT2D eigenvalue weighted by atomic mass is 32.2. The van der Waals surface area contributed by atoms with Gasteiger partial charge < -0.3 is 5.11 Å². The van der Waals surface area contributed by atoms with Crippen molar-refractivity contribution < 1.29 is 5.11 Å². The Hall–Kier alpha value is 0.420. The number of hydrogen-bond acceptors (Lipinski definition) is 5. The minimum absolute atomic E-state index is 0.436. The van der Waals surface area contributed by atoms with Gasteiger partial charge in [-0.15, -0.1) is 23.5 Å². The summed E-state index contributed by atoms with van der Waals surface area (Å²) >= 11 is 7.77. The molecular formula is C24H42OS4. The van der Waals surface area contributed by atoms with Crippen molar-refractivity contribution >= 4 is 47.0 Å². The largest absolute Gasteiger partial charge is 0.507 e. The molecule has 0 aliphatic rings. The number of benzene rings is 1. The molecule has 0 saturated heterocycles. The third kappa shape index (κ3) is 12.8. The van der Waals surface area contributed by atoms with Crippen LogP contribution in [0.3, 0.4) is 0 Å². The van der Waals surface area contributed by atoms with Crippen molar-refractivity contribution in [3.8, 4) is 5.75 Å². The van der Waals surface area contributed by atoms with Gasteiger partial charge in [0.15, 0.2) is 0 Å². The van der Waals surface area contributed by atoms with Crippen molar-refractivity contribution in [2.75, 3.05) is 24.0 Å². The van der Waals surface area contributed by atoms with Crippen molar-refractivity contribution in [3.63, 3.8) is 0 Å². The van der Waals surface area contributed by atoms with Gasteiger partial charge >= 0.3 is 0 Å². The number of rotatable bonds is 18. The maximum atomic E-state index is 10.3. The molecule has 0 aliphatic carbocycles. The molecular weight excluding hydrogens is 433 g/mol. The zero-order chi connectivity index (χ0) is 21.3. The van der Waals surface area contributed by atoms with Crippen molar-refractivity contribution in [2.24, 2.45) is 0 Å². The van der Waals surface area contributed by atoms with Crippen LogP contribution in [0.4, 0.5) is 0 Å². The lowest BCUT2D eigenvalue weighted by atomic mass is 10.1. The van der Waals surface area contributed by atoms with Gasteiger partial charge in [0.2, 0.25) is 0 Å². The van der Waals surface area contributed by atoms with Gasteiger partial charge in [-0.2, -0.15) is 23.5 Å². The summed E-state index contributed by atoms with van der Waals surface area (Å²) in [6.07, 6.45) is 17.8. The Morgan fingerprint density at radius 3 is 2.21 bits per heavy atom. The quantitative estimate of drug-likeness (QED) is 0.169. The molecule has 1 N–H and O–H groups in total. The minimum atomic E-state index is 0.436. The van der Waals surface area contributed by atoms with Crippen LogP contribution in [0.5, 0.6) is 5.75 Å². The van der Waals surface area contributed by atoms with Crippen molar-refractivity contribution in [1.82, 2.24) is 0 Å². The van der Waals surface area contributed by atoms with Gasteiger partial charge in [0.05, 0.1) is 4.90 Å². The number of hydrogen-bond donors (Lipinski definition) is 1. The van der Waals surface area contributed by atoms with Crippen LogP contribution in [0.25, 0.3) is 0 Å². The number of thioether (sulfide) groups is 4. The first-order valence-corrected chi connectivity index (χ1v) is 15.8. The van der Waals surface area contributed by atoms with Crippen LogP contribution in [-0.2, 0) is 0 Å². The summed E-state index contributed by atoms with van der Waals surface area (Å²) in [6.45, 7) is 4.55. The molecule has 0 bridgehead atoms. The molecule has 29 heavy (non-hydrogen) atoms. The third-order valence-corrected chi connectivity index (χ3v) is 9.81. The molecule has 5 heteroatoms. The predicted octanol–water partition coefficient (Wildman–Crippen LogP) is 8.98. The van der Waals surface area contributed by atoms with E-state index in [0.717, 1.165) is 15.9 Å². The summed E-state index contributed by atoms with van der Waals surface area (Å²) in [5.74, 6) is 2.69. The predicted molar refractivity (Wildman–Crippen MR) is 142 cm³/mol. The average Bonchev–Trinajstić information content (AvgIpc) is 2.74. The smallest absolute Gasteiger partial charge is 0.129 e. The van der Waals surface area contributed by atoms with Crippen molar-refractivity contribution in [2.45, 2.75) is 98.3 Å². The van der Waals surface area contributed by atoms with Gasteiger partial charge in [0.25, 0.3) is 0 Å². The molecule has 1 rings (SSSR count). The molecule has 0 amide bonds. The summed E-state index contributed by atoms with van der Waals surface area (Å²) < 4.78 is 0. The average molecular weight is 475 g/mol. The fourth-order valence-electron chi connectivity index (χ4n) is 3.24. The molecule has 0 spiro atoms. The van der Waals surface area contributed by atoms with E-state index in [0.29, 0.717) is 11.0 Å². The van der Waals surface area contributed by atoms with E-state index >= 15 is 0 Å². The topological polar surface area (TPSA) is 20.2 Å². The Morgan fingerprint density at radius 1 is 0.828 bits per heavy atom. The van der Waals surface area contributed by atoms with E-state index in [1.54, 1.807) is 0 Å². The highest BCUT2D eigenvalue weighted by molar-refractivity contribution is 8.03. The Bertz CT molecular complexity index is 524. The van der Waals surface area contributed by atoms with Crippen LogP contribution in [0.15, 0.2) is 28.0 Å². The van der Waals surface area contributed by atoms with Gasteiger partial charge in [-0.05, 0) is 55.7 Å². The van der Waals surface area contributed by atoms with E-state index in [-0.39, 0.29) is 0 Å². The van der Waals surface area contributed by atoms with Gasteiger partial charge in [0, 0.05) is 21.1 Å². The second kappa shape index (κ2) is 18.0. The molecule has 2 unspecified atom stereocenters. The van der Waals surface area contributed by atoms with E-state index < -0.39 is 0 Å². The third-order valence-electron chi connectivity index (χ3n) is 5.19. The first-order chi connectivity index (χ1) is 14.1. The lowest BCUT2D eigenvalue weighted by Crippen LogP contribution is -2.15. The SMILES string of the molecule is CCCCCCCCSc1ccc(O)c(SCC(CC(CCCC)SC)SC)c1. The summed E-state index contributed by atoms with van der Waals surface area (Å²) in [7, 11) is 0. The van der Waals surface area contributed by atoms with Crippen LogP contribution in [-0.4, -0.2) is 39.6 Å². The maximum absolute atomic E-state index is 10.3. The second-order valence-electron chi connectivity index (χ2n) is 7.65. The normalized spacial score (nSPS) is 13.5. The molecule has 168 valence electrons. The Kier molecular flexibility index (Phi) is 17.1. The van der Waals surface area contributed by atoms with Crippen LogP contribution < -0.4 is 0 Å². The number of phenolic OH excluding ortho intramolecular Hbond substituents is 1. The summed E-state index contributed by atoms with van der Waals surface area (Å²) in [5.41, 5.74) is 0. The van der Waals surface area contributed by atoms with E-state index in [2.05, 4.69) is 38.5 Å². The fourth-order valence-corrected chi connectivity index (χ4v) is 7.32. The molecule has 0 aliphatic heterocycles. The first-order valence-electron chi connectivity index (χ1n) is 11.3. The summed E-state index contributed by atoms with van der Waals surface area (Å²) in [5, 5.41) is 11.7. The van der Waals surface area contributed by atoms with Crippen LogP contribution >= 0.6 is 47.0 Å². The molecule has 0 radical (unpaired) electrons. The molecule has 0 fully saturated rings. The number of unbranched alkanes of at least 4 members (excludes halogenated alkanes) is 6. The Balaban J connectivity index is 2.44. The Morgan fingerprint density at radius 2 is 1.52 bits per heavy atom. The molecule has 1 aromatic carbocycles. The fraction of sp³-hybridized carbons (Fsp3) is 0.750. The maximum Gasteiger partial charge on any atom is 0.129 e. The lowest BCUT2D eigenvalue weighted by molar-refractivity contribution is 0.461. The summed E-state index contributed by atoms with van der Waals surface area (Å²) in [4.78, 5) is 2.34. The molecule has 2 atom stereocenters. The van der Waals surface area contributed by atoms with Crippen LogP contribution in [0, 0.1) is 0 Å². The van der Waals surface area contributed by atoms with E-state index in [9.17, 15) is 5.11 Å². The van der Waals surface area contributed by atoms with E-state index in [1.165, 1.54) is 74.9 Å². The van der Waals surface area contributed by atoms with Crippen LogP contribution in [0.2, 0.25) is 0 Å². The first kappa shape index (κ1) is 27.5. The zero-order valence-electron chi connectivity index (χ0n) is 19.0. The Labute approximate surface area is 197 Å². The highest BCUT2D eigenvalue weighted by Gasteiger charge is 2.16. The highest BCUT2D eigenvalue weighted by Crippen LogP contribution is 2.36. The van der Waals surface area contributed by atoms with Crippen molar-refractivity contribution in [1.29, 1.82) is 0 Å². The lowest BCUT2D eigenvalue weighted by Gasteiger charge is -2.21. The number of aromatic hydroxyl groups is 1. The molecule has 0 aromatic heterocycles. The molecule has 0 heterocycles. The molecule has 1 aromatic rings. The van der Waals surface area contributed by atoms with Gasteiger partial charge in [-0.25, -0.2) is 0 Å². The second-order valence-corrected chi connectivity index (χ2v) is 12.2. The van der Waals surface area contributed by atoms with E-state index in [4.69, 9.17) is 0 Å². The zero-order valence-corrected chi connectivity index (χ0v) is 22.2. The standard InChI is InChI=1S/C24H42OS4/c1-5-7-9-10-11-12-16-28-21-14-15-23(25)24(18-21)29-19-22(27-4)17-20(26-3)13-8-6-2/h14-15,18,20,22,25H,5-13,16-17,19H2,1-4H3. The van der Waals surface area contributed by atoms with Gasteiger partial charge in [0.1, 0.15) is 5.75 Å². The monoisotopic (exact) mass is 474 g/mol. The van der Waals surface area contributed by atoms with Crippen molar-refractivity contribution in [3.05, 3.63) is 18.2 Å². The van der Waals surface area contributed by atoms with Gasteiger partial charge in [-0.1, -0.05) is 58.8 Å². The van der Waals surface area contributed by atoms with Gasteiger partial charge in [-0.3, -0.25) is 0 Å². The molecule has 1 nitrogen and oxygen atoms in total. The number of phenols is 1. The van der Waals surface area contributed by atoms with Crippen LogP contribution in [0.1, 0.15) is 78.1 Å². The minimum Gasteiger partial charge on any atom is -0.507 e. The van der Waals surface area contributed by atoms with E-state index in [1.807, 2.05) is 53.1 Å². The molecule has 0 saturated carbocycles.